The zero-order valence-electron chi connectivity index (χ0n) is 36.3. The molecule has 15 nitrogen and oxygen atoms in total. The number of aromatic nitrogens is 4. The lowest BCUT2D eigenvalue weighted by molar-refractivity contribution is -0.136. The molecule has 4 N–H and O–H groups in total. The summed E-state index contributed by atoms with van der Waals surface area (Å²) < 4.78 is 15.9. The van der Waals surface area contributed by atoms with Crippen LogP contribution in [-0.2, 0) is 19.1 Å². The van der Waals surface area contributed by atoms with Gasteiger partial charge in [-0.1, -0.05) is 70.2 Å². The quantitative estimate of drug-likeness (QED) is 0.0987. The Morgan fingerprint density at radius 2 is 1.21 bits per heavy atom. The Morgan fingerprint density at radius 1 is 0.683 bits per heavy atom. The van der Waals surface area contributed by atoms with Crippen LogP contribution in [0.2, 0.25) is 0 Å². The maximum absolute atomic E-state index is 13.8. The van der Waals surface area contributed by atoms with Gasteiger partial charge in [-0.2, -0.15) is 0 Å². The van der Waals surface area contributed by atoms with Crippen LogP contribution in [-0.4, -0.2) is 93.1 Å². The lowest BCUT2D eigenvalue weighted by Crippen LogP contribution is -2.51. The number of imidazole rings is 2. The second-order valence-electron chi connectivity index (χ2n) is 17.3. The predicted molar refractivity (Wildman–Crippen MR) is 239 cm³/mol. The van der Waals surface area contributed by atoms with Crippen molar-refractivity contribution in [3.63, 3.8) is 0 Å². The second kappa shape index (κ2) is 16.8. The maximum Gasteiger partial charge on any atom is 0.407 e. The highest BCUT2D eigenvalue weighted by Gasteiger charge is 2.39. The molecular weight excluding hydrogens is 801 g/mol. The minimum absolute atomic E-state index is 0.116. The first-order valence-corrected chi connectivity index (χ1v) is 21.7. The van der Waals surface area contributed by atoms with E-state index in [1.807, 2.05) is 61.9 Å². The first-order valence-electron chi connectivity index (χ1n) is 21.7. The van der Waals surface area contributed by atoms with Crippen LogP contribution in [0.4, 0.5) is 9.59 Å². The van der Waals surface area contributed by atoms with Crippen molar-refractivity contribution in [1.29, 1.82) is 0 Å². The Hall–Kier alpha value is -6.90. The van der Waals surface area contributed by atoms with E-state index in [9.17, 15) is 19.2 Å². The number of carbonyl (C=O) groups is 4. The molecular formula is C48H52N8O7. The number of nitrogens with one attached hydrogen (secondary N) is 4. The van der Waals surface area contributed by atoms with Crippen LogP contribution < -0.4 is 10.6 Å². The van der Waals surface area contributed by atoms with Gasteiger partial charge in [0.15, 0.2) is 0 Å². The molecule has 4 aromatic heterocycles. The van der Waals surface area contributed by atoms with E-state index in [-0.39, 0.29) is 35.7 Å². The highest BCUT2D eigenvalue weighted by molar-refractivity contribution is 6.19. The molecule has 0 saturated carbocycles. The Morgan fingerprint density at radius 3 is 1.76 bits per heavy atom. The monoisotopic (exact) mass is 852 g/mol. The molecule has 3 aromatic carbocycles. The Balaban J connectivity index is 0.959. The van der Waals surface area contributed by atoms with E-state index < -0.39 is 24.3 Å². The minimum Gasteiger partial charge on any atom is -0.456 e. The van der Waals surface area contributed by atoms with Crippen molar-refractivity contribution < 1.29 is 33.1 Å². The molecule has 2 aliphatic rings. The van der Waals surface area contributed by atoms with Crippen molar-refractivity contribution in [3.05, 3.63) is 84.6 Å². The van der Waals surface area contributed by atoms with E-state index in [0.29, 0.717) is 18.9 Å². The summed E-state index contributed by atoms with van der Waals surface area (Å²) in [6.07, 6.45) is 3.76. The molecule has 0 unspecified atom stereocenters. The summed E-state index contributed by atoms with van der Waals surface area (Å²) in [6, 6.07) is 21.0. The topological polar surface area (TPSA) is 188 Å². The Kier molecular flexibility index (Phi) is 11.0. The summed E-state index contributed by atoms with van der Waals surface area (Å²) in [5.74, 6) is 0.905. The maximum atomic E-state index is 13.8. The van der Waals surface area contributed by atoms with Gasteiger partial charge in [-0.25, -0.2) is 19.6 Å². The van der Waals surface area contributed by atoms with E-state index in [2.05, 4.69) is 69.1 Å². The van der Waals surface area contributed by atoms with Crippen molar-refractivity contribution in [3.8, 4) is 33.5 Å². The summed E-state index contributed by atoms with van der Waals surface area (Å²) in [5, 5.41) is 7.50. The lowest BCUT2D eigenvalue weighted by atomic mass is 9.91. The number of furan rings is 2. The first kappa shape index (κ1) is 41.5. The number of methoxy groups -OCH3 is 2. The summed E-state index contributed by atoms with van der Waals surface area (Å²) in [6.45, 7) is 8.78. The predicted octanol–water partition coefficient (Wildman–Crippen LogP) is 8.71. The van der Waals surface area contributed by atoms with E-state index in [4.69, 9.17) is 23.9 Å². The van der Waals surface area contributed by atoms with E-state index in [1.165, 1.54) is 14.2 Å². The molecule has 2 fully saturated rings. The molecule has 15 heteroatoms. The summed E-state index contributed by atoms with van der Waals surface area (Å²) in [4.78, 5) is 71.9. The number of alkyl carbamates (subject to hydrolysis) is 2. The van der Waals surface area contributed by atoms with Gasteiger partial charge in [-0.15, -0.1) is 0 Å². The van der Waals surface area contributed by atoms with Crippen LogP contribution in [0.15, 0.2) is 77.3 Å². The molecule has 2 saturated heterocycles. The number of hydrogen-bond acceptors (Lipinski definition) is 9. The average molecular weight is 853 g/mol. The van der Waals surface area contributed by atoms with Crippen LogP contribution >= 0.6 is 0 Å². The summed E-state index contributed by atoms with van der Waals surface area (Å²) >= 11 is 0. The van der Waals surface area contributed by atoms with Gasteiger partial charge in [0.1, 0.15) is 34.9 Å². The van der Waals surface area contributed by atoms with Crippen LogP contribution in [0, 0.1) is 11.8 Å². The fourth-order valence-electron chi connectivity index (χ4n) is 9.42. The van der Waals surface area contributed by atoms with Crippen molar-refractivity contribution >= 4 is 57.0 Å². The van der Waals surface area contributed by atoms with Crippen LogP contribution in [0.25, 0.3) is 66.5 Å². The normalized spacial score (nSPS) is 17.7. The standard InChI is InChI=1S/C48H52N8O7/c1-25(2)41(53-47(59)61-5)45(57)55-21-7-9-35(55)43-49-24-34(52-43)28-13-11-27(12-14-28)30-16-17-31(40-38-20-19-37(63-38)39(30)40)29-15-18-32-33(23-29)51-44(50-32)36-10-8-22-56(36)46(58)42(26(3)4)54-48(60)62-6/h11-20,23-26,35-36,41-42H,7-10,21-22H2,1-6H3,(H,49,52)(H,50,51)(H,53,59)(H,54,60)/t35-,36-,41-,42-/m0/s1. The zero-order chi connectivity index (χ0) is 44.1. The number of H-pyrrole nitrogens is 2. The third-order valence-corrected chi connectivity index (χ3v) is 12.7. The molecule has 7 aromatic rings. The number of carbonyl (C=O) groups excluding carboxylic acids is 4. The van der Waals surface area contributed by atoms with Gasteiger partial charge >= 0.3 is 12.2 Å². The van der Waals surface area contributed by atoms with E-state index in [1.54, 1.807) is 0 Å². The summed E-state index contributed by atoms with van der Waals surface area (Å²) in [7, 11) is 2.58. The molecule has 326 valence electrons. The molecule has 6 heterocycles. The lowest BCUT2D eigenvalue weighted by Gasteiger charge is -2.30. The number of amides is 4. The molecule has 9 rings (SSSR count). The van der Waals surface area contributed by atoms with Crippen LogP contribution in [0.1, 0.15) is 77.1 Å². The van der Waals surface area contributed by atoms with Gasteiger partial charge in [-0.05, 0) is 89.6 Å². The number of ether oxygens (including phenoxy) is 2. The minimum atomic E-state index is -0.708. The number of likely N-dealkylation sites (tertiary alicyclic amines) is 2. The third kappa shape index (κ3) is 7.59. The highest BCUT2D eigenvalue weighted by Crippen LogP contribution is 2.44. The fourth-order valence-corrected chi connectivity index (χ4v) is 9.42. The van der Waals surface area contributed by atoms with Crippen LogP contribution in [0.5, 0.6) is 0 Å². The smallest absolute Gasteiger partial charge is 0.407 e. The van der Waals surface area contributed by atoms with Crippen molar-refractivity contribution in [2.75, 3.05) is 27.3 Å². The number of rotatable bonds is 11. The molecule has 4 amide bonds. The largest absolute Gasteiger partial charge is 0.456 e. The zero-order valence-corrected chi connectivity index (χ0v) is 36.3. The van der Waals surface area contributed by atoms with Crippen molar-refractivity contribution in [1.82, 2.24) is 40.4 Å². The number of benzene rings is 4. The second-order valence-corrected chi connectivity index (χ2v) is 17.3. The number of nitrogens with zero attached hydrogens (tertiary/aromatic N) is 4. The van der Waals surface area contributed by atoms with Gasteiger partial charge in [-0.3, -0.25) is 9.59 Å². The number of fused-ring (bicyclic) bond motifs is 6. The van der Waals surface area contributed by atoms with Gasteiger partial charge in [0, 0.05) is 23.9 Å². The molecule has 0 aliphatic carbocycles. The fraction of sp³-hybridized carbons (Fsp3) is 0.375. The third-order valence-electron chi connectivity index (χ3n) is 12.7. The Bertz CT molecular complexity index is 2820. The van der Waals surface area contributed by atoms with Gasteiger partial charge in [0.05, 0.1) is 49.2 Å². The van der Waals surface area contributed by atoms with Gasteiger partial charge in [0.25, 0.3) is 0 Å². The van der Waals surface area contributed by atoms with Crippen molar-refractivity contribution in [2.24, 2.45) is 11.8 Å². The van der Waals surface area contributed by atoms with E-state index >= 15 is 0 Å². The average Bonchev–Trinajstić information content (AvgIpc) is 4.16. The molecule has 0 spiro atoms. The summed E-state index contributed by atoms with van der Waals surface area (Å²) in [5.41, 5.74) is 9.24. The van der Waals surface area contributed by atoms with E-state index in [0.717, 1.165) is 98.0 Å². The van der Waals surface area contributed by atoms with Gasteiger partial charge in [0.2, 0.25) is 11.8 Å². The number of hydrogen-bond donors (Lipinski definition) is 4. The molecule has 2 bridgehead atoms. The SMILES string of the molecule is COC(=O)N[C@H](C(=O)N1CCC[C@H]1c1ncc(-c2ccc(-c3ccc(-c4ccc5nc([C@@H]6CCCN6C(=O)[C@@H](NC(=O)OC)C(C)C)[nH]c5c4)c4c5ccc(o5)c34)cc2)[nH]1)C(C)C. The number of aromatic amines is 2. The van der Waals surface area contributed by atoms with Crippen molar-refractivity contribution in [2.45, 2.75) is 77.5 Å². The molecule has 4 atom stereocenters. The first-order chi connectivity index (χ1) is 30.4. The molecule has 2 aliphatic heterocycles. The van der Waals surface area contributed by atoms with Crippen LogP contribution in [0.3, 0.4) is 0 Å². The Labute approximate surface area is 364 Å². The molecule has 0 radical (unpaired) electrons. The molecule has 63 heavy (non-hydrogen) atoms. The highest BCUT2D eigenvalue weighted by atomic mass is 16.5. The van der Waals surface area contributed by atoms with Gasteiger partial charge < -0.3 is 44.3 Å².